The normalized spacial score (nSPS) is 23.5. The van der Waals surface area contributed by atoms with Gasteiger partial charge in [-0.25, -0.2) is 4.79 Å². The number of hydrogen-bond donors (Lipinski definition) is 2. The Morgan fingerprint density at radius 1 is 1.82 bits per heavy atom. The van der Waals surface area contributed by atoms with Crippen molar-refractivity contribution in [2.45, 2.75) is 19.4 Å². The average molecular weight is 157 g/mol. The molecular formula is C7H15N3O. The standard InChI is InChI=1S/C7H15N3O/c1-2-10(7(8)11)6-3-4-9-5-6/h6,9H,2-5H2,1H3,(H2,8,11). The van der Waals surface area contributed by atoms with E-state index in [1.54, 1.807) is 4.90 Å². The fraction of sp³-hybridized carbons (Fsp3) is 0.857. The number of nitrogens with one attached hydrogen (secondary N) is 1. The molecule has 64 valence electrons. The van der Waals surface area contributed by atoms with Gasteiger partial charge in [0, 0.05) is 19.1 Å². The Balaban J connectivity index is 2.46. The van der Waals surface area contributed by atoms with Crippen LogP contribution < -0.4 is 11.1 Å². The number of nitrogens with zero attached hydrogens (tertiary/aromatic N) is 1. The Kier molecular flexibility index (Phi) is 2.70. The number of carbonyl (C=O) groups excluding carboxylic acids is 1. The van der Waals surface area contributed by atoms with E-state index < -0.39 is 0 Å². The lowest BCUT2D eigenvalue weighted by Gasteiger charge is -2.24. The molecule has 1 rings (SSSR count). The van der Waals surface area contributed by atoms with Crippen molar-refractivity contribution in [2.24, 2.45) is 5.73 Å². The molecule has 4 heteroatoms. The zero-order chi connectivity index (χ0) is 8.27. The van der Waals surface area contributed by atoms with Crippen LogP contribution in [-0.4, -0.2) is 36.6 Å². The predicted molar refractivity (Wildman–Crippen MR) is 43.2 cm³/mol. The highest BCUT2D eigenvalue weighted by molar-refractivity contribution is 5.72. The maximum absolute atomic E-state index is 10.8. The number of likely N-dealkylation sites (N-methyl/N-ethyl adjacent to an activating group) is 1. The molecule has 1 aliphatic rings. The summed E-state index contributed by atoms with van der Waals surface area (Å²) < 4.78 is 0. The molecular weight excluding hydrogens is 142 g/mol. The minimum atomic E-state index is -0.304. The highest BCUT2D eigenvalue weighted by atomic mass is 16.2. The molecule has 0 radical (unpaired) electrons. The van der Waals surface area contributed by atoms with E-state index in [0.717, 1.165) is 19.5 Å². The Bertz CT molecular complexity index is 143. The van der Waals surface area contributed by atoms with Crippen molar-refractivity contribution in [1.29, 1.82) is 0 Å². The molecule has 4 nitrogen and oxygen atoms in total. The molecule has 0 bridgehead atoms. The third kappa shape index (κ3) is 1.83. The van der Waals surface area contributed by atoms with Gasteiger partial charge >= 0.3 is 6.03 Å². The van der Waals surface area contributed by atoms with E-state index in [4.69, 9.17) is 5.73 Å². The number of amides is 2. The summed E-state index contributed by atoms with van der Waals surface area (Å²) in [5.41, 5.74) is 5.19. The summed E-state index contributed by atoms with van der Waals surface area (Å²) in [6, 6.07) is 0.0127. The molecule has 0 saturated carbocycles. The Hall–Kier alpha value is -0.770. The summed E-state index contributed by atoms with van der Waals surface area (Å²) in [5.74, 6) is 0. The van der Waals surface area contributed by atoms with E-state index in [-0.39, 0.29) is 6.03 Å². The maximum Gasteiger partial charge on any atom is 0.315 e. The van der Waals surface area contributed by atoms with Crippen molar-refractivity contribution in [1.82, 2.24) is 10.2 Å². The summed E-state index contributed by atoms with van der Waals surface area (Å²) in [6.07, 6.45) is 1.02. The third-order valence-electron chi connectivity index (χ3n) is 2.10. The number of primary amides is 1. The molecule has 1 unspecified atom stereocenters. The van der Waals surface area contributed by atoms with Crippen LogP contribution in [0.5, 0.6) is 0 Å². The van der Waals surface area contributed by atoms with Crippen LogP contribution in [0.15, 0.2) is 0 Å². The van der Waals surface area contributed by atoms with Crippen LogP contribution in [0.4, 0.5) is 4.79 Å². The van der Waals surface area contributed by atoms with Crippen LogP contribution in [0.2, 0.25) is 0 Å². The van der Waals surface area contributed by atoms with Gasteiger partial charge in [0.1, 0.15) is 0 Å². The van der Waals surface area contributed by atoms with Crippen LogP contribution >= 0.6 is 0 Å². The molecule has 0 aromatic carbocycles. The van der Waals surface area contributed by atoms with Gasteiger partial charge in [0.25, 0.3) is 0 Å². The van der Waals surface area contributed by atoms with Crippen LogP contribution in [0.1, 0.15) is 13.3 Å². The molecule has 0 aromatic heterocycles. The highest BCUT2D eigenvalue weighted by Gasteiger charge is 2.22. The largest absolute Gasteiger partial charge is 0.351 e. The van der Waals surface area contributed by atoms with Gasteiger partial charge < -0.3 is 16.0 Å². The van der Waals surface area contributed by atoms with Crippen molar-refractivity contribution in [3.8, 4) is 0 Å². The first-order chi connectivity index (χ1) is 5.25. The minimum absolute atomic E-state index is 0.304. The van der Waals surface area contributed by atoms with Gasteiger partial charge in [0.2, 0.25) is 0 Å². The molecule has 0 aromatic rings. The fourth-order valence-electron chi connectivity index (χ4n) is 1.50. The molecule has 3 N–H and O–H groups in total. The molecule has 0 aliphatic carbocycles. The predicted octanol–water partition coefficient (Wildman–Crippen LogP) is -0.251. The number of urea groups is 1. The van der Waals surface area contributed by atoms with E-state index in [9.17, 15) is 4.79 Å². The molecule has 0 spiro atoms. The quantitative estimate of drug-likeness (QED) is 0.580. The monoisotopic (exact) mass is 157 g/mol. The van der Waals surface area contributed by atoms with Crippen LogP contribution in [-0.2, 0) is 0 Å². The smallest absolute Gasteiger partial charge is 0.315 e. The third-order valence-corrected chi connectivity index (χ3v) is 2.10. The molecule has 1 aliphatic heterocycles. The van der Waals surface area contributed by atoms with E-state index in [2.05, 4.69) is 5.32 Å². The van der Waals surface area contributed by atoms with Crippen LogP contribution in [0.25, 0.3) is 0 Å². The van der Waals surface area contributed by atoms with Crippen molar-refractivity contribution in [3.05, 3.63) is 0 Å². The Morgan fingerprint density at radius 3 is 2.91 bits per heavy atom. The van der Waals surface area contributed by atoms with Gasteiger partial charge in [-0.2, -0.15) is 0 Å². The van der Waals surface area contributed by atoms with Gasteiger partial charge in [-0.05, 0) is 19.9 Å². The number of carbonyl (C=O) groups is 1. The Labute approximate surface area is 66.7 Å². The molecule has 2 amide bonds. The minimum Gasteiger partial charge on any atom is -0.351 e. The molecule has 1 saturated heterocycles. The van der Waals surface area contributed by atoms with E-state index in [0.29, 0.717) is 12.6 Å². The zero-order valence-electron chi connectivity index (χ0n) is 6.84. The number of rotatable bonds is 2. The van der Waals surface area contributed by atoms with E-state index >= 15 is 0 Å². The molecule has 1 atom stereocenters. The van der Waals surface area contributed by atoms with Gasteiger partial charge in [0.05, 0.1) is 0 Å². The van der Waals surface area contributed by atoms with Gasteiger partial charge in [-0.3, -0.25) is 0 Å². The zero-order valence-corrected chi connectivity index (χ0v) is 6.84. The van der Waals surface area contributed by atoms with Crippen LogP contribution in [0.3, 0.4) is 0 Å². The van der Waals surface area contributed by atoms with Crippen LogP contribution in [0, 0.1) is 0 Å². The number of hydrogen-bond acceptors (Lipinski definition) is 2. The molecule has 1 fully saturated rings. The average Bonchev–Trinajstić information content (AvgIpc) is 2.40. The van der Waals surface area contributed by atoms with Crippen molar-refractivity contribution < 1.29 is 4.79 Å². The summed E-state index contributed by atoms with van der Waals surface area (Å²) >= 11 is 0. The van der Waals surface area contributed by atoms with Crippen molar-refractivity contribution in [3.63, 3.8) is 0 Å². The summed E-state index contributed by atoms with van der Waals surface area (Å²) in [5, 5.41) is 3.19. The highest BCUT2D eigenvalue weighted by Crippen LogP contribution is 2.06. The topological polar surface area (TPSA) is 58.4 Å². The van der Waals surface area contributed by atoms with Gasteiger partial charge in [0.15, 0.2) is 0 Å². The second-order valence-electron chi connectivity index (χ2n) is 2.77. The summed E-state index contributed by atoms with van der Waals surface area (Å²) in [6.45, 7) is 4.54. The Morgan fingerprint density at radius 2 is 2.55 bits per heavy atom. The maximum atomic E-state index is 10.8. The fourth-order valence-corrected chi connectivity index (χ4v) is 1.50. The first kappa shape index (κ1) is 8.33. The van der Waals surface area contributed by atoms with E-state index in [1.165, 1.54) is 0 Å². The lowest BCUT2D eigenvalue weighted by molar-refractivity contribution is 0.192. The van der Waals surface area contributed by atoms with E-state index in [1.807, 2.05) is 6.92 Å². The first-order valence-corrected chi connectivity index (χ1v) is 4.02. The van der Waals surface area contributed by atoms with Crippen molar-refractivity contribution in [2.75, 3.05) is 19.6 Å². The SMILES string of the molecule is CCN(C(N)=O)C1CCNC1. The number of nitrogens with two attached hydrogens (primary N) is 1. The van der Waals surface area contributed by atoms with Gasteiger partial charge in [-0.1, -0.05) is 0 Å². The molecule has 1 heterocycles. The first-order valence-electron chi connectivity index (χ1n) is 4.02. The lowest BCUT2D eigenvalue weighted by atomic mass is 10.2. The second-order valence-corrected chi connectivity index (χ2v) is 2.77. The summed E-state index contributed by atoms with van der Waals surface area (Å²) in [4.78, 5) is 12.5. The van der Waals surface area contributed by atoms with Gasteiger partial charge in [-0.15, -0.1) is 0 Å². The summed E-state index contributed by atoms with van der Waals surface area (Å²) in [7, 11) is 0. The lowest BCUT2D eigenvalue weighted by Crippen LogP contribution is -2.44. The molecule has 11 heavy (non-hydrogen) atoms. The van der Waals surface area contributed by atoms with Crippen molar-refractivity contribution >= 4 is 6.03 Å². The second kappa shape index (κ2) is 3.57.